The van der Waals surface area contributed by atoms with E-state index in [1.807, 2.05) is 0 Å². The lowest BCUT2D eigenvalue weighted by atomic mass is 10.3. The second kappa shape index (κ2) is 4.80. The van der Waals surface area contributed by atoms with E-state index in [-0.39, 0.29) is 12.1 Å². The van der Waals surface area contributed by atoms with E-state index in [0.717, 1.165) is 31.6 Å². The normalized spacial score (nSPS) is 21.0. The van der Waals surface area contributed by atoms with Crippen LogP contribution in [0.1, 0.15) is 26.2 Å². The van der Waals surface area contributed by atoms with Crippen molar-refractivity contribution in [1.82, 2.24) is 0 Å². The van der Waals surface area contributed by atoms with Gasteiger partial charge in [-0.25, -0.2) is 0 Å². The van der Waals surface area contributed by atoms with Crippen LogP contribution in [0.15, 0.2) is 0 Å². The average Bonchev–Trinajstić information content (AvgIpc) is 2.04. The van der Waals surface area contributed by atoms with Crippen molar-refractivity contribution in [3.63, 3.8) is 0 Å². The Morgan fingerprint density at radius 1 is 1.31 bits per heavy atom. The Hall–Kier alpha value is -0.300. The lowest BCUT2D eigenvalue weighted by Crippen LogP contribution is -2.15. The van der Waals surface area contributed by atoms with E-state index in [4.69, 9.17) is 4.74 Å². The minimum atomic E-state index is -2.17. The predicted molar refractivity (Wildman–Crippen MR) is 52.7 cm³/mol. The first-order valence-corrected chi connectivity index (χ1v) is 7.15. The zero-order chi connectivity index (χ0) is 9.73. The molecular formula is C9H17O3P. The van der Waals surface area contributed by atoms with Crippen molar-refractivity contribution < 1.29 is 14.1 Å². The molecule has 0 aliphatic carbocycles. The van der Waals surface area contributed by atoms with Crippen LogP contribution in [0.25, 0.3) is 0 Å². The lowest BCUT2D eigenvalue weighted by Gasteiger charge is -2.21. The van der Waals surface area contributed by atoms with E-state index in [1.165, 1.54) is 0 Å². The third-order valence-electron chi connectivity index (χ3n) is 2.35. The average molecular weight is 204 g/mol. The van der Waals surface area contributed by atoms with Gasteiger partial charge in [0.25, 0.3) is 0 Å². The summed E-state index contributed by atoms with van der Waals surface area (Å²) in [5, 5.41) is 0. The molecule has 76 valence electrons. The van der Waals surface area contributed by atoms with Crippen LogP contribution in [0, 0.1) is 0 Å². The quantitative estimate of drug-likeness (QED) is 0.522. The molecule has 13 heavy (non-hydrogen) atoms. The van der Waals surface area contributed by atoms with E-state index in [9.17, 15) is 9.36 Å². The topological polar surface area (TPSA) is 43.4 Å². The number of hydrogen-bond acceptors (Lipinski definition) is 3. The van der Waals surface area contributed by atoms with Crippen LogP contribution in [0.3, 0.4) is 0 Å². The first kappa shape index (κ1) is 10.8. The molecule has 1 rings (SSSR count). The first-order valence-electron chi connectivity index (χ1n) is 4.89. The Balaban J connectivity index is 2.41. The Morgan fingerprint density at radius 3 is 2.46 bits per heavy atom. The second-order valence-electron chi connectivity index (χ2n) is 3.53. The van der Waals surface area contributed by atoms with Crippen molar-refractivity contribution in [2.24, 2.45) is 0 Å². The number of carbonyl (C=O) groups excluding carboxylic acids is 1. The van der Waals surface area contributed by atoms with Crippen LogP contribution in [0.2, 0.25) is 0 Å². The van der Waals surface area contributed by atoms with Gasteiger partial charge in [0.1, 0.15) is 0 Å². The van der Waals surface area contributed by atoms with Gasteiger partial charge >= 0.3 is 5.97 Å². The molecule has 1 aliphatic rings. The fraction of sp³-hybridized carbons (Fsp3) is 0.889. The van der Waals surface area contributed by atoms with Gasteiger partial charge in [0.05, 0.1) is 19.9 Å². The first-order chi connectivity index (χ1) is 6.16. The predicted octanol–water partition coefficient (Wildman–Crippen LogP) is 2.10. The van der Waals surface area contributed by atoms with Crippen LogP contribution >= 0.6 is 7.14 Å². The van der Waals surface area contributed by atoms with E-state index in [2.05, 4.69) is 0 Å². The standard InChI is InChI=1S/C9H17O3P/c1-2-12-9(10)8-13(11)6-4-3-5-7-13/h2-8H2,1H3. The van der Waals surface area contributed by atoms with Gasteiger partial charge < -0.3 is 9.30 Å². The summed E-state index contributed by atoms with van der Waals surface area (Å²) in [4.78, 5) is 11.1. The number of rotatable bonds is 3. The fourth-order valence-corrected chi connectivity index (χ4v) is 4.39. The minimum Gasteiger partial charge on any atom is -0.466 e. The van der Waals surface area contributed by atoms with E-state index in [1.54, 1.807) is 6.92 Å². The summed E-state index contributed by atoms with van der Waals surface area (Å²) in [5.41, 5.74) is 0. The molecule has 3 nitrogen and oxygen atoms in total. The monoisotopic (exact) mass is 204 g/mol. The van der Waals surface area contributed by atoms with Crippen molar-refractivity contribution in [3.05, 3.63) is 0 Å². The molecule has 0 amide bonds. The zero-order valence-corrected chi connectivity index (χ0v) is 9.02. The number of ether oxygens (including phenoxy) is 1. The van der Waals surface area contributed by atoms with E-state index in [0.29, 0.717) is 6.61 Å². The summed E-state index contributed by atoms with van der Waals surface area (Å²) in [5.74, 6) is -0.285. The summed E-state index contributed by atoms with van der Waals surface area (Å²) in [6.07, 6.45) is 4.83. The van der Waals surface area contributed by atoms with Crippen molar-refractivity contribution in [1.29, 1.82) is 0 Å². The maximum absolute atomic E-state index is 12.0. The van der Waals surface area contributed by atoms with E-state index < -0.39 is 7.14 Å². The van der Waals surface area contributed by atoms with Gasteiger partial charge in [0.2, 0.25) is 0 Å². The van der Waals surface area contributed by atoms with Crippen LogP contribution in [-0.2, 0) is 14.1 Å². The van der Waals surface area contributed by atoms with Crippen LogP contribution in [-0.4, -0.2) is 31.1 Å². The molecule has 0 N–H and O–H groups in total. The van der Waals surface area contributed by atoms with Gasteiger partial charge in [-0.3, -0.25) is 4.79 Å². The molecule has 1 saturated heterocycles. The molecular weight excluding hydrogens is 187 g/mol. The molecule has 0 atom stereocenters. The molecule has 1 heterocycles. The van der Waals surface area contributed by atoms with Crippen molar-refractivity contribution in [2.45, 2.75) is 26.2 Å². The summed E-state index contributed by atoms with van der Waals surface area (Å²) in [6, 6.07) is 0. The van der Waals surface area contributed by atoms with Gasteiger partial charge in [-0.05, 0) is 19.8 Å². The fourth-order valence-electron chi connectivity index (χ4n) is 1.69. The molecule has 0 spiro atoms. The van der Waals surface area contributed by atoms with Crippen molar-refractivity contribution in [2.75, 3.05) is 25.1 Å². The Morgan fingerprint density at radius 2 is 1.92 bits per heavy atom. The maximum atomic E-state index is 12.0. The van der Waals surface area contributed by atoms with Gasteiger partial charge in [-0.1, -0.05) is 6.42 Å². The van der Waals surface area contributed by atoms with Gasteiger partial charge in [-0.15, -0.1) is 0 Å². The number of carbonyl (C=O) groups is 1. The summed E-state index contributed by atoms with van der Waals surface area (Å²) in [7, 11) is -2.17. The molecule has 0 bridgehead atoms. The van der Waals surface area contributed by atoms with Gasteiger partial charge in [-0.2, -0.15) is 0 Å². The minimum absolute atomic E-state index is 0.167. The maximum Gasteiger partial charge on any atom is 0.313 e. The van der Waals surface area contributed by atoms with Crippen LogP contribution in [0.5, 0.6) is 0 Å². The summed E-state index contributed by atoms with van der Waals surface area (Å²) >= 11 is 0. The van der Waals surface area contributed by atoms with Crippen molar-refractivity contribution >= 4 is 13.1 Å². The second-order valence-corrected chi connectivity index (χ2v) is 6.86. The zero-order valence-electron chi connectivity index (χ0n) is 8.12. The third kappa shape index (κ3) is 3.51. The molecule has 0 radical (unpaired) electrons. The van der Waals surface area contributed by atoms with Crippen LogP contribution < -0.4 is 0 Å². The smallest absolute Gasteiger partial charge is 0.313 e. The Labute approximate surface area is 79.2 Å². The van der Waals surface area contributed by atoms with E-state index >= 15 is 0 Å². The van der Waals surface area contributed by atoms with Gasteiger partial charge in [0, 0.05) is 12.3 Å². The third-order valence-corrected chi connectivity index (χ3v) is 5.45. The molecule has 1 fully saturated rings. The highest BCUT2D eigenvalue weighted by molar-refractivity contribution is 7.64. The number of esters is 1. The van der Waals surface area contributed by atoms with Crippen molar-refractivity contribution in [3.8, 4) is 0 Å². The highest BCUT2D eigenvalue weighted by Gasteiger charge is 2.28. The highest BCUT2D eigenvalue weighted by Crippen LogP contribution is 2.50. The SMILES string of the molecule is CCOC(=O)CP1(=O)CCCCC1. The molecule has 0 aromatic carbocycles. The molecule has 0 aromatic heterocycles. The summed E-state index contributed by atoms with van der Waals surface area (Å²) in [6.45, 7) is 2.16. The largest absolute Gasteiger partial charge is 0.466 e. The molecule has 0 aromatic rings. The summed E-state index contributed by atoms with van der Waals surface area (Å²) < 4.78 is 16.8. The molecule has 1 aliphatic heterocycles. The highest BCUT2D eigenvalue weighted by atomic mass is 31.2. The van der Waals surface area contributed by atoms with Gasteiger partial charge in [0.15, 0.2) is 0 Å². The van der Waals surface area contributed by atoms with Crippen LogP contribution in [0.4, 0.5) is 0 Å². The Bertz CT molecular complexity index is 215. The lowest BCUT2D eigenvalue weighted by molar-refractivity contribution is -0.140. The molecule has 0 saturated carbocycles. The number of hydrogen-bond donors (Lipinski definition) is 0. The Kier molecular flexibility index (Phi) is 3.98. The molecule has 4 heteroatoms. The molecule has 0 unspecified atom stereocenters.